The first-order valence-electron chi connectivity index (χ1n) is 7.73. The maximum absolute atomic E-state index is 5.82. The summed E-state index contributed by atoms with van der Waals surface area (Å²) in [6.45, 7) is 6.44. The third kappa shape index (κ3) is 5.19. The molecule has 2 atom stereocenters. The van der Waals surface area contributed by atoms with Crippen LogP contribution in [0.25, 0.3) is 0 Å². The molecule has 2 nitrogen and oxygen atoms in total. The second kappa shape index (κ2) is 8.16. The maximum Gasteiger partial charge on any atom is 0.0579 e. The lowest BCUT2D eigenvalue weighted by molar-refractivity contribution is 0.0889. The van der Waals surface area contributed by atoms with E-state index in [4.69, 9.17) is 4.74 Å². The van der Waals surface area contributed by atoms with Crippen molar-refractivity contribution in [3.63, 3.8) is 0 Å². The summed E-state index contributed by atoms with van der Waals surface area (Å²) in [5.41, 5.74) is 1.40. The van der Waals surface area contributed by atoms with Gasteiger partial charge >= 0.3 is 0 Å². The van der Waals surface area contributed by atoms with Crippen molar-refractivity contribution < 1.29 is 4.74 Å². The number of benzene rings is 1. The summed E-state index contributed by atoms with van der Waals surface area (Å²) < 4.78 is 7.04. The van der Waals surface area contributed by atoms with Crippen LogP contribution in [0.15, 0.2) is 28.7 Å². The van der Waals surface area contributed by atoms with Crippen LogP contribution in [-0.2, 0) is 11.2 Å². The fourth-order valence-corrected chi connectivity index (χ4v) is 3.26. The van der Waals surface area contributed by atoms with Crippen LogP contribution in [0.1, 0.15) is 38.7 Å². The van der Waals surface area contributed by atoms with Gasteiger partial charge in [0.1, 0.15) is 0 Å². The van der Waals surface area contributed by atoms with Gasteiger partial charge in [-0.2, -0.15) is 0 Å². The van der Waals surface area contributed by atoms with Gasteiger partial charge in [-0.25, -0.2) is 0 Å². The van der Waals surface area contributed by atoms with Crippen molar-refractivity contribution in [2.45, 2.75) is 51.7 Å². The van der Waals surface area contributed by atoms with Gasteiger partial charge in [-0.3, -0.25) is 0 Å². The molecule has 1 aliphatic rings. The molecule has 1 aliphatic heterocycles. The number of hydrogen-bond donors (Lipinski definition) is 1. The topological polar surface area (TPSA) is 21.3 Å². The Labute approximate surface area is 131 Å². The normalized spacial score (nSPS) is 20.5. The first-order chi connectivity index (χ1) is 9.65. The third-order valence-corrected chi connectivity index (χ3v) is 4.68. The molecule has 3 heteroatoms. The van der Waals surface area contributed by atoms with E-state index in [-0.39, 0.29) is 0 Å². The number of halogens is 1. The first-order valence-corrected chi connectivity index (χ1v) is 8.53. The molecule has 1 N–H and O–H groups in total. The quantitative estimate of drug-likeness (QED) is 0.804. The van der Waals surface area contributed by atoms with Gasteiger partial charge in [-0.15, -0.1) is 0 Å². The molecule has 0 saturated carbocycles. The Morgan fingerprint density at radius 1 is 1.35 bits per heavy atom. The van der Waals surface area contributed by atoms with E-state index in [1.807, 2.05) is 0 Å². The molecular formula is C17H26BrNO. The minimum absolute atomic E-state index is 0.469. The summed E-state index contributed by atoms with van der Waals surface area (Å²) >= 11 is 3.67. The SMILES string of the molecule is CC(C)NCC(Cc1ccccc1Br)CC1CCCO1. The van der Waals surface area contributed by atoms with Crippen LogP contribution in [0.5, 0.6) is 0 Å². The Kier molecular flexibility index (Phi) is 6.53. The van der Waals surface area contributed by atoms with Gasteiger partial charge in [0.15, 0.2) is 0 Å². The average Bonchev–Trinajstić information content (AvgIpc) is 2.91. The molecule has 112 valence electrons. The van der Waals surface area contributed by atoms with E-state index in [2.05, 4.69) is 59.4 Å². The predicted molar refractivity (Wildman–Crippen MR) is 88.1 cm³/mol. The summed E-state index contributed by atoms with van der Waals surface area (Å²) in [4.78, 5) is 0. The fourth-order valence-electron chi connectivity index (χ4n) is 2.82. The minimum atomic E-state index is 0.469. The molecule has 0 aliphatic carbocycles. The predicted octanol–water partition coefficient (Wildman–Crippen LogP) is 4.17. The molecule has 0 spiro atoms. The summed E-state index contributed by atoms with van der Waals surface area (Å²) in [7, 11) is 0. The highest BCUT2D eigenvalue weighted by atomic mass is 79.9. The van der Waals surface area contributed by atoms with Gasteiger partial charge in [0, 0.05) is 17.1 Å². The third-order valence-electron chi connectivity index (χ3n) is 3.90. The highest BCUT2D eigenvalue weighted by molar-refractivity contribution is 9.10. The Morgan fingerprint density at radius 3 is 2.80 bits per heavy atom. The van der Waals surface area contributed by atoms with Crippen molar-refractivity contribution in [3.05, 3.63) is 34.3 Å². The van der Waals surface area contributed by atoms with Crippen LogP contribution in [0.4, 0.5) is 0 Å². The lowest BCUT2D eigenvalue weighted by Gasteiger charge is -2.22. The Hall–Kier alpha value is -0.380. The largest absolute Gasteiger partial charge is 0.378 e. The van der Waals surface area contributed by atoms with Crippen LogP contribution in [0.2, 0.25) is 0 Å². The van der Waals surface area contributed by atoms with Crippen molar-refractivity contribution in [3.8, 4) is 0 Å². The number of hydrogen-bond acceptors (Lipinski definition) is 2. The molecule has 0 bridgehead atoms. The smallest absolute Gasteiger partial charge is 0.0579 e. The first kappa shape index (κ1) is 16.0. The number of rotatable bonds is 7. The molecule has 0 radical (unpaired) electrons. The Balaban J connectivity index is 1.95. The standard InChI is InChI=1S/C17H26BrNO/c1-13(2)19-12-14(11-16-7-5-9-20-16)10-15-6-3-4-8-17(15)18/h3-4,6,8,13-14,16,19H,5,7,9-12H2,1-2H3. The van der Waals surface area contributed by atoms with Crippen molar-refractivity contribution in [2.24, 2.45) is 5.92 Å². The molecule has 1 saturated heterocycles. The van der Waals surface area contributed by atoms with Gasteiger partial charge in [0.05, 0.1) is 6.10 Å². The van der Waals surface area contributed by atoms with E-state index in [0.717, 1.165) is 19.6 Å². The molecule has 2 rings (SSSR count). The molecule has 1 aromatic carbocycles. The molecular weight excluding hydrogens is 314 g/mol. The van der Waals surface area contributed by atoms with Crippen LogP contribution in [0, 0.1) is 5.92 Å². The van der Waals surface area contributed by atoms with Gasteiger partial charge in [0.25, 0.3) is 0 Å². The van der Waals surface area contributed by atoms with E-state index in [9.17, 15) is 0 Å². The summed E-state index contributed by atoms with van der Waals surface area (Å²) in [5, 5.41) is 3.59. The summed E-state index contributed by atoms with van der Waals surface area (Å²) in [5.74, 6) is 0.638. The van der Waals surface area contributed by atoms with E-state index >= 15 is 0 Å². The second-order valence-electron chi connectivity index (χ2n) is 6.10. The highest BCUT2D eigenvalue weighted by Crippen LogP contribution is 2.25. The molecule has 1 heterocycles. The molecule has 0 aromatic heterocycles. The van der Waals surface area contributed by atoms with Crippen LogP contribution >= 0.6 is 15.9 Å². The lowest BCUT2D eigenvalue weighted by atomic mass is 9.92. The van der Waals surface area contributed by atoms with Gasteiger partial charge in [-0.05, 0) is 49.8 Å². The van der Waals surface area contributed by atoms with Crippen molar-refractivity contribution >= 4 is 15.9 Å². The maximum atomic E-state index is 5.82. The summed E-state index contributed by atoms with van der Waals surface area (Å²) in [6, 6.07) is 9.10. The fraction of sp³-hybridized carbons (Fsp3) is 0.647. The Bertz CT molecular complexity index is 402. The van der Waals surface area contributed by atoms with Crippen LogP contribution < -0.4 is 5.32 Å². The van der Waals surface area contributed by atoms with E-state index < -0.39 is 0 Å². The zero-order chi connectivity index (χ0) is 14.4. The van der Waals surface area contributed by atoms with Gasteiger partial charge in [-0.1, -0.05) is 48.0 Å². The Morgan fingerprint density at radius 2 is 2.15 bits per heavy atom. The average molecular weight is 340 g/mol. The van der Waals surface area contributed by atoms with Crippen molar-refractivity contribution in [2.75, 3.05) is 13.2 Å². The molecule has 1 aromatic rings. The zero-order valence-electron chi connectivity index (χ0n) is 12.6. The van der Waals surface area contributed by atoms with Crippen LogP contribution in [0.3, 0.4) is 0 Å². The van der Waals surface area contributed by atoms with Gasteiger partial charge in [0.2, 0.25) is 0 Å². The number of nitrogens with one attached hydrogen (secondary N) is 1. The van der Waals surface area contributed by atoms with E-state index in [1.165, 1.54) is 29.3 Å². The molecule has 0 amide bonds. The molecule has 20 heavy (non-hydrogen) atoms. The zero-order valence-corrected chi connectivity index (χ0v) is 14.2. The molecule has 2 unspecified atom stereocenters. The van der Waals surface area contributed by atoms with Gasteiger partial charge < -0.3 is 10.1 Å². The summed E-state index contributed by atoms with van der Waals surface area (Å²) in [6.07, 6.45) is 5.21. The lowest BCUT2D eigenvalue weighted by Crippen LogP contribution is -2.31. The molecule has 1 fully saturated rings. The highest BCUT2D eigenvalue weighted by Gasteiger charge is 2.21. The van der Waals surface area contributed by atoms with E-state index in [0.29, 0.717) is 18.1 Å². The number of ether oxygens (including phenoxy) is 1. The van der Waals surface area contributed by atoms with Crippen LogP contribution in [-0.4, -0.2) is 25.3 Å². The monoisotopic (exact) mass is 339 g/mol. The second-order valence-corrected chi connectivity index (χ2v) is 6.95. The van der Waals surface area contributed by atoms with Crippen molar-refractivity contribution in [1.29, 1.82) is 0 Å². The van der Waals surface area contributed by atoms with E-state index in [1.54, 1.807) is 0 Å². The minimum Gasteiger partial charge on any atom is -0.378 e. The van der Waals surface area contributed by atoms with Crippen molar-refractivity contribution in [1.82, 2.24) is 5.32 Å².